The van der Waals surface area contributed by atoms with Crippen molar-refractivity contribution in [1.82, 2.24) is 35.6 Å². The number of anilines is 3. The highest BCUT2D eigenvalue weighted by Gasteiger charge is 2.31. The van der Waals surface area contributed by atoms with Gasteiger partial charge in [0.05, 0.1) is 12.2 Å². The van der Waals surface area contributed by atoms with Crippen LogP contribution in [0.2, 0.25) is 0 Å². The normalized spacial score (nSPS) is 14.2. The van der Waals surface area contributed by atoms with Gasteiger partial charge in [-0.05, 0) is 118 Å². The third-order valence-corrected chi connectivity index (χ3v) is 13.8. The fourth-order valence-electron chi connectivity index (χ4n) is 9.35. The number of hydrogen-bond donors (Lipinski definition) is 8. The van der Waals surface area contributed by atoms with E-state index in [2.05, 4.69) is 68.2 Å². The summed E-state index contributed by atoms with van der Waals surface area (Å²) < 4.78 is 6.02. The zero-order chi connectivity index (χ0) is 56.8. The van der Waals surface area contributed by atoms with E-state index < -0.39 is 6.09 Å². The van der Waals surface area contributed by atoms with Crippen LogP contribution >= 0.6 is 11.6 Å². The summed E-state index contributed by atoms with van der Waals surface area (Å²) in [5.74, 6) is -1.02. The number of carbonyl (C=O) groups excluding carboxylic acids is 6. The van der Waals surface area contributed by atoms with Crippen molar-refractivity contribution in [1.29, 1.82) is 0 Å². The Labute approximate surface area is 468 Å². The smallest absolute Gasteiger partial charge is 0.409 e. The maximum Gasteiger partial charge on any atom is 0.415 e. The zero-order valence-corrected chi connectivity index (χ0v) is 46.5. The molecule has 3 aliphatic heterocycles. The number of carbonyl (C=O) groups is 6. The summed E-state index contributed by atoms with van der Waals surface area (Å²) in [5, 5.41) is 18.2. The van der Waals surface area contributed by atoms with Gasteiger partial charge in [-0.3, -0.25) is 28.9 Å². The molecule has 10 N–H and O–H groups in total. The number of amides is 6. The molecule has 20 heteroatoms. The van der Waals surface area contributed by atoms with Crippen LogP contribution < -0.4 is 47.7 Å². The zero-order valence-electron chi connectivity index (χ0n) is 45.8. The molecule has 5 aromatic rings. The Morgan fingerprint density at radius 1 is 0.785 bits per heavy atom. The van der Waals surface area contributed by atoms with Gasteiger partial charge in [-0.15, -0.1) is 11.6 Å². The van der Waals surface area contributed by atoms with Crippen LogP contribution in [0, 0.1) is 0 Å². The van der Waals surface area contributed by atoms with Gasteiger partial charge in [0.25, 0.3) is 23.6 Å². The number of fused-ring (bicyclic) bond motifs is 4. The van der Waals surface area contributed by atoms with Crippen molar-refractivity contribution in [2.75, 3.05) is 101 Å². The van der Waals surface area contributed by atoms with E-state index in [1.165, 1.54) is 36.3 Å². The van der Waals surface area contributed by atoms with Crippen LogP contribution in [0.4, 0.5) is 21.9 Å². The van der Waals surface area contributed by atoms with Crippen LogP contribution in [0.3, 0.4) is 0 Å². The molecule has 0 saturated carbocycles. The number of halogens is 1. The number of nitrogens with one attached hydrogen (secondary N) is 6. The van der Waals surface area contributed by atoms with Gasteiger partial charge < -0.3 is 62.5 Å². The van der Waals surface area contributed by atoms with E-state index in [4.69, 9.17) is 16.2 Å². The van der Waals surface area contributed by atoms with Gasteiger partial charge in [0.15, 0.2) is 0 Å². The molecule has 4 aromatic carbocycles. The lowest BCUT2D eigenvalue weighted by atomic mass is 10.0. The minimum Gasteiger partial charge on any atom is -0.409 e. The number of imide groups is 1. The van der Waals surface area contributed by atoms with E-state index in [0.717, 1.165) is 71.8 Å². The summed E-state index contributed by atoms with van der Waals surface area (Å²) >= 11 is 4.64. The number of aromatic nitrogens is 1. The summed E-state index contributed by atoms with van der Waals surface area (Å²) in [4.78, 5) is 87.4. The number of nitrogens with zero attached hydrogens (tertiary/aromatic N) is 4. The second kappa shape index (κ2) is 30.6. The van der Waals surface area contributed by atoms with Crippen molar-refractivity contribution in [3.63, 3.8) is 0 Å². The maximum absolute atomic E-state index is 14.2. The number of nitrogens with two attached hydrogens (primary N) is 2. The first-order valence-electron chi connectivity index (χ1n) is 27.0. The molecule has 1 aromatic heterocycles. The molecule has 3 aliphatic rings. The third kappa shape index (κ3) is 17.0. The Morgan fingerprint density at radius 2 is 1.48 bits per heavy atom. The molecule has 0 bridgehead atoms. The Bertz CT molecular complexity index is 2950. The van der Waals surface area contributed by atoms with Crippen LogP contribution in [0.25, 0.3) is 21.7 Å². The summed E-state index contributed by atoms with van der Waals surface area (Å²) in [7, 11) is 2.03. The first-order valence-corrected chi connectivity index (χ1v) is 27.8. The van der Waals surface area contributed by atoms with Gasteiger partial charge >= 0.3 is 6.09 Å². The lowest BCUT2D eigenvalue weighted by Crippen LogP contribution is -2.48. The van der Waals surface area contributed by atoms with Gasteiger partial charge in [0, 0.05) is 128 Å². The van der Waals surface area contributed by atoms with E-state index in [9.17, 15) is 28.8 Å². The first-order chi connectivity index (χ1) is 38.3. The largest absolute Gasteiger partial charge is 0.415 e. The lowest BCUT2D eigenvalue weighted by molar-refractivity contribution is -0.136. The highest BCUT2D eigenvalue weighted by Crippen LogP contribution is 2.41. The molecule has 8 rings (SSSR count). The molecule has 0 aliphatic carbocycles. The number of ether oxygens (including phenoxy) is 1. The molecule has 79 heavy (non-hydrogen) atoms. The molecule has 1 fully saturated rings. The predicted octanol–water partition coefficient (Wildman–Crippen LogP) is 7.06. The Hall–Kier alpha value is -7.55. The number of unbranched alkanes of at least 4 members (excludes halogenated alkanes) is 2. The summed E-state index contributed by atoms with van der Waals surface area (Å²) in [6.07, 6.45) is 10.4. The average molecular weight is 1100 g/mol. The summed E-state index contributed by atoms with van der Waals surface area (Å²) in [6, 6.07) is 23.2. The monoisotopic (exact) mass is 1100 g/mol. The molecule has 1 saturated heterocycles. The predicted molar refractivity (Wildman–Crippen MR) is 316 cm³/mol. The maximum atomic E-state index is 14.2. The average Bonchev–Trinajstić information content (AvgIpc) is 4.38. The summed E-state index contributed by atoms with van der Waals surface area (Å²) in [5.41, 5.74) is 16.6. The Kier molecular flexibility index (Phi) is 23.5. The SMILES string of the molecule is C=C(CCCN1C(=O)C=CC1=O)NCCN[C@@H](CCCCN)C(=C)NCC(=O)Nc1ccc(C(=O)Nc2ccc3[nH]c(C(=O)N4CCc5c4cc(OC(=O)N4CCN(C)CC4)c4ccccc54)cc3c2)cc1.CCCCN.CCl. The molecule has 4 heterocycles. The number of aromatic amines is 1. The van der Waals surface area contributed by atoms with Crippen molar-refractivity contribution in [2.45, 2.75) is 64.3 Å². The quantitative estimate of drug-likeness (QED) is 0.0175. The van der Waals surface area contributed by atoms with Crippen molar-refractivity contribution >= 4 is 86.0 Å². The first kappa shape index (κ1) is 60.7. The van der Waals surface area contributed by atoms with Gasteiger partial charge in [-0.1, -0.05) is 57.2 Å². The molecule has 0 unspecified atom stereocenters. The number of H-pyrrole nitrogens is 1. The standard InChI is InChI=1S/C54H63N11O7.C4H11N.CH3Cl/c1-35(9-8-25-65-50(67)19-20-51(65)68)56-23-24-57-44(12-6-7-22-55)36(2)58-34-49(66)59-39-15-13-37(14-16-39)52(69)60-40-17-18-45-38(31-40)32-46(61-45)53(70)64-26-21-42-41-10-4-5-11-43(41)48(33-47(42)64)72-54(71)63-29-27-62(3)28-30-63;1-2-3-4-5;1-2/h4-5,10-11,13-20,31-33,44,56-58,61H,1-2,6-9,12,21-30,34,55H2,3H3,(H,59,66)(H,60,69);2-5H2,1H3;1H3/t44-;;/m0../s1. The second-order valence-electron chi connectivity index (χ2n) is 19.5. The highest BCUT2D eigenvalue weighted by molar-refractivity contribution is 6.15. The van der Waals surface area contributed by atoms with E-state index in [1.54, 1.807) is 52.3 Å². The van der Waals surface area contributed by atoms with Gasteiger partial charge in [0.2, 0.25) is 5.91 Å². The highest BCUT2D eigenvalue weighted by atomic mass is 35.5. The van der Waals surface area contributed by atoms with Gasteiger partial charge in [-0.2, -0.15) is 0 Å². The topological polar surface area (TPSA) is 253 Å². The summed E-state index contributed by atoms with van der Waals surface area (Å²) in [6.45, 7) is 16.5. The number of allylic oxidation sites excluding steroid dienone is 1. The van der Waals surface area contributed by atoms with Crippen LogP contribution in [-0.2, 0) is 20.8 Å². The van der Waals surface area contributed by atoms with Crippen molar-refractivity contribution in [2.24, 2.45) is 11.5 Å². The number of benzene rings is 4. The number of hydrogen-bond acceptors (Lipinski definition) is 13. The fourth-order valence-corrected chi connectivity index (χ4v) is 9.35. The Morgan fingerprint density at radius 3 is 2.16 bits per heavy atom. The molecular weight excluding hydrogens is 1020 g/mol. The molecular formula is C59H77ClN12O7. The van der Waals surface area contributed by atoms with Crippen molar-refractivity contribution in [3.8, 4) is 5.75 Å². The van der Waals surface area contributed by atoms with Crippen LogP contribution in [0.1, 0.15) is 78.3 Å². The fraction of sp³-hybridized carbons (Fsp3) is 0.390. The van der Waals surface area contributed by atoms with E-state index in [-0.39, 0.29) is 42.1 Å². The van der Waals surface area contributed by atoms with Crippen molar-refractivity contribution in [3.05, 3.63) is 132 Å². The second-order valence-corrected chi connectivity index (χ2v) is 19.5. The lowest BCUT2D eigenvalue weighted by Gasteiger charge is -2.31. The van der Waals surface area contributed by atoms with Gasteiger partial charge in [0.1, 0.15) is 11.4 Å². The van der Waals surface area contributed by atoms with E-state index >= 15 is 0 Å². The molecule has 6 amide bonds. The number of piperazine rings is 1. The molecule has 422 valence electrons. The van der Waals surface area contributed by atoms with Crippen molar-refractivity contribution < 1.29 is 33.5 Å². The van der Waals surface area contributed by atoms with E-state index in [0.29, 0.717) is 105 Å². The minimum atomic E-state index is -0.406. The molecule has 1 atom stereocenters. The molecule has 19 nitrogen and oxygen atoms in total. The van der Waals surface area contributed by atoms with Crippen LogP contribution in [0.5, 0.6) is 5.75 Å². The molecule has 0 radical (unpaired) electrons. The number of likely N-dealkylation sites (N-methyl/N-ethyl adjacent to an activating group) is 1. The van der Waals surface area contributed by atoms with Crippen LogP contribution in [0.15, 0.2) is 116 Å². The minimum absolute atomic E-state index is 0.0182. The number of alkyl halides is 1. The number of rotatable bonds is 24. The Balaban J connectivity index is 0.00000136. The third-order valence-electron chi connectivity index (χ3n) is 13.8. The van der Waals surface area contributed by atoms with Crippen LogP contribution in [-0.4, -0.2) is 147 Å². The van der Waals surface area contributed by atoms with Gasteiger partial charge in [-0.25, -0.2) is 4.79 Å². The van der Waals surface area contributed by atoms with E-state index in [1.807, 2.05) is 43.4 Å². The molecule has 0 spiro atoms.